The number of rotatable bonds is 6. The van der Waals surface area contributed by atoms with Crippen LogP contribution in [0.15, 0.2) is 48.6 Å². The SMILES string of the molecule is C1=CCC([SiH2]CCC[SiH2]C2C=CC=CC2)C=C1. The number of hydrogen-bond donors (Lipinski definition) is 0. The van der Waals surface area contributed by atoms with E-state index in [4.69, 9.17) is 0 Å². The van der Waals surface area contributed by atoms with Crippen molar-refractivity contribution in [1.29, 1.82) is 0 Å². The van der Waals surface area contributed by atoms with Crippen LogP contribution in [0.2, 0.25) is 23.2 Å². The van der Waals surface area contributed by atoms with Crippen molar-refractivity contribution in [2.75, 3.05) is 0 Å². The molecule has 0 N–H and O–H groups in total. The van der Waals surface area contributed by atoms with Crippen molar-refractivity contribution in [2.24, 2.45) is 0 Å². The van der Waals surface area contributed by atoms with Gasteiger partial charge >= 0.3 is 0 Å². The molecule has 0 aromatic carbocycles. The van der Waals surface area contributed by atoms with Crippen molar-refractivity contribution in [3.05, 3.63) is 48.6 Å². The van der Waals surface area contributed by atoms with E-state index in [0.29, 0.717) is 0 Å². The summed E-state index contributed by atoms with van der Waals surface area (Å²) in [5.41, 5.74) is 1.94. The highest BCUT2D eigenvalue weighted by molar-refractivity contribution is 6.40. The van der Waals surface area contributed by atoms with Crippen LogP contribution in [0, 0.1) is 0 Å². The van der Waals surface area contributed by atoms with E-state index in [1.807, 2.05) is 0 Å². The molecule has 0 spiro atoms. The number of allylic oxidation sites excluding steroid dienone is 8. The summed E-state index contributed by atoms with van der Waals surface area (Å²) in [4.78, 5) is 0. The van der Waals surface area contributed by atoms with Gasteiger partial charge < -0.3 is 0 Å². The lowest BCUT2D eigenvalue weighted by Crippen LogP contribution is -2.04. The van der Waals surface area contributed by atoms with Crippen molar-refractivity contribution < 1.29 is 0 Å². The van der Waals surface area contributed by atoms with E-state index in [1.54, 1.807) is 12.1 Å². The molecule has 2 rings (SSSR count). The zero-order valence-corrected chi connectivity index (χ0v) is 13.6. The van der Waals surface area contributed by atoms with Crippen LogP contribution in [0.5, 0.6) is 0 Å². The van der Waals surface area contributed by atoms with Gasteiger partial charge in [-0.1, -0.05) is 67.1 Å². The van der Waals surface area contributed by atoms with Crippen LogP contribution in [-0.4, -0.2) is 19.0 Å². The molecular weight excluding hydrogens is 236 g/mol. The van der Waals surface area contributed by atoms with E-state index < -0.39 is 0 Å². The minimum absolute atomic E-state index is 0.169. The average Bonchev–Trinajstić information content (AvgIpc) is 2.41. The largest absolute Gasteiger partial charge is 0.0844 e. The summed E-state index contributed by atoms with van der Waals surface area (Å²) in [6, 6.07) is 3.14. The molecule has 0 aromatic heterocycles. The molecule has 0 fully saturated rings. The van der Waals surface area contributed by atoms with Crippen molar-refractivity contribution in [3.63, 3.8) is 0 Å². The summed E-state index contributed by atoms with van der Waals surface area (Å²) in [6.45, 7) is 0. The molecule has 2 atom stereocenters. The van der Waals surface area contributed by atoms with Crippen molar-refractivity contribution in [3.8, 4) is 0 Å². The fourth-order valence-electron chi connectivity index (χ4n) is 2.68. The molecule has 92 valence electrons. The number of hydrogen-bond acceptors (Lipinski definition) is 0. The Morgan fingerprint density at radius 3 is 1.71 bits per heavy atom. The van der Waals surface area contributed by atoms with Crippen LogP contribution in [0.25, 0.3) is 0 Å². The first kappa shape index (κ1) is 12.8. The van der Waals surface area contributed by atoms with E-state index in [-0.39, 0.29) is 19.0 Å². The second-order valence-electron chi connectivity index (χ2n) is 5.26. The Morgan fingerprint density at radius 1 is 0.765 bits per heavy atom. The van der Waals surface area contributed by atoms with Gasteiger partial charge in [0.15, 0.2) is 0 Å². The Bertz CT molecular complexity index is 294. The molecule has 0 amide bonds. The fourth-order valence-corrected chi connectivity index (χ4v) is 7.28. The van der Waals surface area contributed by atoms with Crippen LogP contribution in [0.3, 0.4) is 0 Å². The highest BCUT2D eigenvalue weighted by Crippen LogP contribution is 2.21. The van der Waals surface area contributed by atoms with Crippen LogP contribution in [0.4, 0.5) is 0 Å². The molecule has 0 bridgehead atoms. The first-order valence-electron chi connectivity index (χ1n) is 7.12. The summed E-state index contributed by atoms with van der Waals surface area (Å²) in [5.74, 6) is 0. The zero-order valence-electron chi connectivity index (χ0n) is 10.7. The predicted octanol–water partition coefficient (Wildman–Crippen LogP) is 3.16. The second-order valence-corrected chi connectivity index (χ2v) is 9.92. The van der Waals surface area contributed by atoms with E-state index in [2.05, 4.69) is 48.6 Å². The van der Waals surface area contributed by atoms with Gasteiger partial charge in [-0.3, -0.25) is 0 Å². The molecule has 0 aromatic rings. The van der Waals surface area contributed by atoms with Crippen LogP contribution < -0.4 is 0 Å². The van der Waals surface area contributed by atoms with Gasteiger partial charge in [-0.25, -0.2) is 0 Å². The van der Waals surface area contributed by atoms with Crippen LogP contribution in [0.1, 0.15) is 19.3 Å². The topological polar surface area (TPSA) is 0 Å². The van der Waals surface area contributed by atoms with Crippen molar-refractivity contribution in [1.82, 2.24) is 0 Å². The lowest BCUT2D eigenvalue weighted by molar-refractivity contribution is 0.954. The minimum Gasteiger partial charge on any atom is -0.0844 e. The lowest BCUT2D eigenvalue weighted by Gasteiger charge is -2.13. The third kappa shape index (κ3) is 5.05. The molecule has 2 unspecified atom stereocenters. The van der Waals surface area contributed by atoms with Crippen molar-refractivity contribution >= 4 is 19.0 Å². The van der Waals surface area contributed by atoms with Gasteiger partial charge in [0.2, 0.25) is 0 Å². The molecule has 0 radical (unpaired) electrons. The zero-order chi connectivity index (χ0) is 11.8. The summed E-state index contributed by atoms with van der Waals surface area (Å²) >= 11 is 0. The Balaban J connectivity index is 1.49. The third-order valence-electron chi connectivity index (χ3n) is 3.79. The van der Waals surface area contributed by atoms with Gasteiger partial charge in [-0.2, -0.15) is 0 Å². The fraction of sp³-hybridized carbons (Fsp3) is 0.467. The molecule has 2 heteroatoms. The Labute approximate surface area is 110 Å². The summed E-state index contributed by atoms with van der Waals surface area (Å²) in [5, 5.41) is 0. The standard InChI is InChI=1S/C15H24Si2/c1-3-8-14(9-4-1)16-12-7-13-17-15-10-5-2-6-11-15/h1-6,8,10,14-15H,7,9,11-13,16-17H2. The van der Waals surface area contributed by atoms with Gasteiger partial charge in [0.1, 0.15) is 0 Å². The molecule has 2 aliphatic carbocycles. The van der Waals surface area contributed by atoms with E-state index >= 15 is 0 Å². The molecule has 0 aliphatic heterocycles. The third-order valence-corrected chi connectivity index (χ3v) is 8.30. The van der Waals surface area contributed by atoms with Crippen LogP contribution >= 0.6 is 0 Å². The molecule has 0 heterocycles. The first-order valence-corrected chi connectivity index (χ1v) is 10.7. The normalized spacial score (nSPS) is 28.0. The maximum absolute atomic E-state index is 2.44. The molecule has 0 nitrogen and oxygen atoms in total. The van der Waals surface area contributed by atoms with E-state index in [1.165, 1.54) is 19.3 Å². The highest BCUT2D eigenvalue weighted by Gasteiger charge is 2.07. The summed E-state index contributed by atoms with van der Waals surface area (Å²) in [7, 11) is 0.338. The Hall–Kier alpha value is -0.606. The molecule has 2 aliphatic rings. The predicted molar refractivity (Wildman–Crippen MR) is 84.6 cm³/mol. The van der Waals surface area contributed by atoms with Crippen molar-refractivity contribution in [2.45, 2.75) is 42.4 Å². The highest BCUT2D eigenvalue weighted by atomic mass is 28.2. The van der Waals surface area contributed by atoms with Gasteiger partial charge in [0.25, 0.3) is 0 Å². The Morgan fingerprint density at radius 2 is 1.29 bits per heavy atom. The van der Waals surface area contributed by atoms with Gasteiger partial charge in [-0.05, 0) is 23.9 Å². The van der Waals surface area contributed by atoms with Gasteiger partial charge in [-0.15, -0.1) is 0 Å². The molecule has 17 heavy (non-hydrogen) atoms. The summed E-state index contributed by atoms with van der Waals surface area (Å²) < 4.78 is 0. The monoisotopic (exact) mass is 260 g/mol. The second kappa shape index (κ2) is 7.67. The average molecular weight is 261 g/mol. The van der Waals surface area contributed by atoms with Crippen LogP contribution in [-0.2, 0) is 0 Å². The molecule has 0 saturated carbocycles. The van der Waals surface area contributed by atoms with E-state index in [0.717, 1.165) is 11.1 Å². The first-order chi connectivity index (χ1) is 8.45. The minimum atomic E-state index is 0.169. The maximum atomic E-state index is 2.44. The Kier molecular flexibility index (Phi) is 5.79. The summed E-state index contributed by atoms with van der Waals surface area (Å²) in [6.07, 6.45) is 22.6. The molecule has 0 saturated heterocycles. The lowest BCUT2D eigenvalue weighted by atomic mass is 10.2. The molecular formula is C15H24Si2. The smallest absolute Gasteiger partial charge is 0.0283 e. The van der Waals surface area contributed by atoms with Gasteiger partial charge in [0, 0.05) is 19.0 Å². The van der Waals surface area contributed by atoms with Gasteiger partial charge in [0.05, 0.1) is 0 Å². The quantitative estimate of drug-likeness (QED) is 0.508. The maximum Gasteiger partial charge on any atom is 0.0283 e. The van der Waals surface area contributed by atoms with E-state index in [9.17, 15) is 0 Å².